The smallest absolute Gasteiger partial charge is 0.164 e. The van der Waals surface area contributed by atoms with Crippen LogP contribution in [0.25, 0.3) is 17.1 Å². The van der Waals surface area contributed by atoms with Crippen LogP contribution in [-0.4, -0.2) is 48.2 Å². The Morgan fingerprint density at radius 2 is 1.96 bits per heavy atom. The first-order chi connectivity index (χ1) is 13.6. The van der Waals surface area contributed by atoms with Gasteiger partial charge in [0.25, 0.3) is 0 Å². The summed E-state index contributed by atoms with van der Waals surface area (Å²) >= 11 is 0. The van der Waals surface area contributed by atoms with Crippen LogP contribution in [0.3, 0.4) is 0 Å². The molecule has 144 valence electrons. The number of ether oxygens (including phenoxy) is 1. The number of aliphatic hydroxyl groups excluding tert-OH is 3. The second-order valence-electron chi connectivity index (χ2n) is 7.37. The van der Waals surface area contributed by atoms with E-state index in [-0.39, 0.29) is 0 Å². The maximum Gasteiger partial charge on any atom is 0.164 e. The first-order valence-corrected chi connectivity index (χ1v) is 9.34. The van der Waals surface area contributed by atoms with Crippen LogP contribution >= 0.6 is 0 Å². The number of aliphatic hydroxyl groups is 3. The second kappa shape index (κ2) is 6.49. The number of hydrogen-bond donors (Lipinski definition) is 3. The van der Waals surface area contributed by atoms with E-state index in [2.05, 4.69) is 16.5 Å². The predicted molar refractivity (Wildman–Crippen MR) is 102 cm³/mol. The fourth-order valence-electron chi connectivity index (χ4n) is 4.12. The van der Waals surface area contributed by atoms with Crippen molar-refractivity contribution in [2.45, 2.75) is 43.5 Å². The molecule has 0 amide bonds. The molecule has 5 rings (SSSR count). The van der Waals surface area contributed by atoms with Crippen LogP contribution in [0.5, 0.6) is 0 Å². The molecule has 0 radical (unpaired) electrons. The van der Waals surface area contributed by atoms with Crippen LogP contribution in [-0.2, 0) is 17.6 Å². The number of hydrogen-bond acceptors (Lipinski definition) is 6. The molecule has 7 heteroatoms. The Hall–Kier alpha value is -2.58. The SMILES string of the molecule is C=Cc1ncnc2c1ccn2[C@@H]1O[C@H](C(O)c2ccc3c(c2)CC3)[C@@H](O)[C@H]1O. The summed E-state index contributed by atoms with van der Waals surface area (Å²) in [5.41, 5.74) is 4.43. The molecule has 3 heterocycles. The maximum absolute atomic E-state index is 10.8. The number of fused-ring (bicyclic) bond motifs is 2. The van der Waals surface area contributed by atoms with E-state index < -0.39 is 30.6 Å². The van der Waals surface area contributed by atoms with Gasteiger partial charge in [0, 0.05) is 11.6 Å². The van der Waals surface area contributed by atoms with Crippen molar-refractivity contribution in [2.75, 3.05) is 0 Å². The third-order valence-electron chi connectivity index (χ3n) is 5.83. The van der Waals surface area contributed by atoms with Crippen molar-refractivity contribution in [3.63, 3.8) is 0 Å². The van der Waals surface area contributed by atoms with Gasteiger partial charge in [0.2, 0.25) is 0 Å². The lowest BCUT2D eigenvalue weighted by Crippen LogP contribution is -2.35. The molecule has 1 fully saturated rings. The molecule has 1 unspecified atom stereocenters. The van der Waals surface area contributed by atoms with Crippen LogP contribution in [0.15, 0.2) is 43.4 Å². The zero-order valence-electron chi connectivity index (χ0n) is 15.1. The van der Waals surface area contributed by atoms with Gasteiger partial charge in [-0.3, -0.25) is 0 Å². The minimum absolute atomic E-state index is 0.567. The van der Waals surface area contributed by atoms with Crippen molar-refractivity contribution in [1.82, 2.24) is 14.5 Å². The van der Waals surface area contributed by atoms with Gasteiger partial charge in [0.05, 0.1) is 5.69 Å². The van der Waals surface area contributed by atoms with Crippen molar-refractivity contribution < 1.29 is 20.1 Å². The summed E-state index contributed by atoms with van der Waals surface area (Å²) in [6.07, 6.45) is 1.54. The zero-order chi connectivity index (χ0) is 19.4. The Morgan fingerprint density at radius 3 is 2.68 bits per heavy atom. The third-order valence-corrected chi connectivity index (χ3v) is 5.83. The Balaban J connectivity index is 1.46. The van der Waals surface area contributed by atoms with E-state index in [9.17, 15) is 15.3 Å². The highest BCUT2D eigenvalue weighted by atomic mass is 16.6. The molecule has 1 aliphatic carbocycles. The molecular weight excluding hydrogens is 358 g/mol. The van der Waals surface area contributed by atoms with Crippen molar-refractivity contribution in [2.24, 2.45) is 0 Å². The van der Waals surface area contributed by atoms with Crippen molar-refractivity contribution in [3.8, 4) is 0 Å². The first-order valence-electron chi connectivity index (χ1n) is 9.34. The van der Waals surface area contributed by atoms with E-state index in [1.165, 1.54) is 17.5 Å². The lowest BCUT2D eigenvalue weighted by molar-refractivity contribution is -0.0848. The van der Waals surface area contributed by atoms with Gasteiger partial charge in [-0.05, 0) is 41.7 Å². The minimum Gasteiger partial charge on any atom is -0.387 e. The van der Waals surface area contributed by atoms with E-state index in [0.29, 0.717) is 16.9 Å². The predicted octanol–water partition coefficient (Wildman–Crippen LogP) is 1.53. The molecule has 28 heavy (non-hydrogen) atoms. The van der Waals surface area contributed by atoms with Gasteiger partial charge >= 0.3 is 0 Å². The molecule has 0 saturated carbocycles. The summed E-state index contributed by atoms with van der Waals surface area (Å²) in [5.74, 6) is 0. The summed E-state index contributed by atoms with van der Waals surface area (Å²) in [6, 6.07) is 7.62. The van der Waals surface area contributed by atoms with E-state index in [1.54, 1.807) is 16.8 Å². The molecule has 0 spiro atoms. The van der Waals surface area contributed by atoms with Gasteiger partial charge in [0.1, 0.15) is 36.4 Å². The standard InChI is InChI=1S/C21H21N3O4/c1-2-15-14-7-8-24(20(14)23-10-22-15)21-18(27)17(26)19(28-21)16(25)13-6-4-11-3-5-12(11)9-13/h2,4,6-10,16-19,21,25-27H,1,3,5H2/t16?,17-,18+,19+,21+/m0/s1. The van der Waals surface area contributed by atoms with Gasteiger partial charge < -0.3 is 24.6 Å². The number of aromatic nitrogens is 3. The number of aryl methyl sites for hydroxylation is 2. The molecule has 1 saturated heterocycles. The molecular formula is C21H21N3O4. The summed E-state index contributed by atoms with van der Waals surface area (Å²) in [7, 11) is 0. The minimum atomic E-state index is -1.23. The van der Waals surface area contributed by atoms with Crippen LogP contribution in [0, 0.1) is 0 Å². The molecule has 1 aliphatic heterocycles. The zero-order valence-corrected chi connectivity index (χ0v) is 15.1. The number of rotatable bonds is 4. The lowest BCUT2D eigenvalue weighted by atomic mass is 9.85. The molecule has 3 aromatic rings. The quantitative estimate of drug-likeness (QED) is 0.636. The van der Waals surface area contributed by atoms with E-state index in [1.807, 2.05) is 24.3 Å². The number of benzene rings is 1. The maximum atomic E-state index is 10.8. The van der Waals surface area contributed by atoms with Crippen LogP contribution < -0.4 is 0 Å². The molecule has 7 nitrogen and oxygen atoms in total. The van der Waals surface area contributed by atoms with E-state index in [4.69, 9.17) is 4.74 Å². The lowest BCUT2D eigenvalue weighted by Gasteiger charge is -2.25. The Morgan fingerprint density at radius 1 is 1.14 bits per heavy atom. The molecule has 3 N–H and O–H groups in total. The van der Waals surface area contributed by atoms with Gasteiger partial charge in [-0.25, -0.2) is 9.97 Å². The van der Waals surface area contributed by atoms with Gasteiger partial charge in [-0.2, -0.15) is 0 Å². The Kier molecular flexibility index (Phi) is 4.06. The fraction of sp³-hybridized carbons (Fsp3) is 0.333. The topological polar surface area (TPSA) is 101 Å². The van der Waals surface area contributed by atoms with E-state index in [0.717, 1.165) is 18.2 Å². The molecule has 2 aliphatic rings. The number of nitrogens with zero attached hydrogens (tertiary/aromatic N) is 3. The van der Waals surface area contributed by atoms with Crippen LogP contribution in [0.4, 0.5) is 0 Å². The summed E-state index contributed by atoms with van der Waals surface area (Å²) in [5, 5.41) is 32.8. The second-order valence-corrected chi connectivity index (χ2v) is 7.37. The fourth-order valence-corrected chi connectivity index (χ4v) is 4.12. The highest BCUT2D eigenvalue weighted by molar-refractivity contribution is 5.84. The Labute approximate surface area is 161 Å². The van der Waals surface area contributed by atoms with Gasteiger partial charge in [-0.15, -0.1) is 0 Å². The summed E-state index contributed by atoms with van der Waals surface area (Å²) in [4.78, 5) is 8.45. The molecule has 2 aromatic heterocycles. The molecule has 5 atom stereocenters. The highest BCUT2D eigenvalue weighted by Gasteiger charge is 2.47. The van der Waals surface area contributed by atoms with Crippen molar-refractivity contribution in [1.29, 1.82) is 0 Å². The van der Waals surface area contributed by atoms with Gasteiger partial charge in [-0.1, -0.05) is 24.8 Å². The van der Waals surface area contributed by atoms with Crippen molar-refractivity contribution >= 4 is 17.1 Å². The van der Waals surface area contributed by atoms with Crippen LogP contribution in [0.2, 0.25) is 0 Å². The summed E-state index contributed by atoms with van der Waals surface area (Å²) < 4.78 is 7.60. The molecule has 0 bridgehead atoms. The average Bonchev–Trinajstić information content (AvgIpc) is 3.24. The van der Waals surface area contributed by atoms with E-state index >= 15 is 0 Å². The monoisotopic (exact) mass is 379 g/mol. The van der Waals surface area contributed by atoms with Crippen LogP contribution in [0.1, 0.15) is 34.7 Å². The third kappa shape index (κ3) is 2.51. The highest BCUT2D eigenvalue weighted by Crippen LogP contribution is 2.38. The Bertz CT molecular complexity index is 1060. The van der Waals surface area contributed by atoms with Crippen molar-refractivity contribution in [3.05, 3.63) is 65.8 Å². The van der Waals surface area contributed by atoms with Gasteiger partial charge in [0.15, 0.2) is 6.23 Å². The average molecular weight is 379 g/mol. The normalized spacial score (nSPS) is 27.4. The summed E-state index contributed by atoms with van der Waals surface area (Å²) in [6.45, 7) is 3.75. The largest absolute Gasteiger partial charge is 0.387 e. The first kappa shape index (κ1) is 17.5. The molecule has 1 aromatic carbocycles.